The van der Waals surface area contributed by atoms with Crippen LogP contribution in [0.3, 0.4) is 0 Å². The number of hydrogen-bond acceptors (Lipinski definition) is 2. The first-order valence-electron chi connectivity index (χ1n) is 9.34. The molecule has 0 atom stereocenters. The van der Waals surface area contributed by atoms with Gasteiger partial charge in [-0.1, -0.05) is 63.3 Å². The van der Waals surface area contributed by atoms with E-state index in [2.05, 4.69) is 31.2 Å². The van der Waals surface area contributed by atoms with E-state index in [0.29, 0.717) is 12.8 Å². The van der Waals surface area contributed by atoms with Crippen molar-refractivity contribution in [2.45, 2.75) is 90.1 Å². The Balaban J connectivity index is 3.46. The molecule has 5 heteroatoms. The molecule has 0 rings (SSSR count). The molecule has 0 N–H and O–H groups in total. The number of alkyl halides is 3. The topological polar surface area (TPSA) is 34.1 Å². The fraction of sp³-hybridized carbons (Fsp3) is 0.700. The minimum absolute atomic E-state index is 0.303. The van der Waals surface area contributed by atoms with Crippen LogP contribution in [0.5, 0.6) is 0 Å². The fourth-order valence-electron chi connectivity index (χ4n) is 2.37. The van der Waals surface area contributed by atoms with Gasteiger partial charge in [-0.25, -0.2) is 0 Å². The molecule has 0 radical (unpaired) electrons. The molecule has 25 heavy (non-hydrogen) atoms. The van der Waals surface area contributed by atoms with Crippen LogP contribution >= 0.6 is 0 Å². The molecule has 0 amide bonds. The van der Waals surface area contributed by atoms with Crippen LogP contribution in [0.25, 0.3) is 0 Å². The van der Waals surface area contributed by atoms with E-state index in [0.717, 1.165) is 38.5 Å². The van der Waals surface area contributed by atoms with Crippen LogP contribution in [0.15, 0.2) is 24.3 Å². The number of Topliss-reactive ketones (excluding diaryl/α,β-unsaturated/α-hetero) is 2. The van der Waals surface area contributed by atoms with Gasteiger partial charge in [0, 0.05) is 6.42 Å². The maximum atomic E-state index is 12.0. The molecule has 0 saturated carbocycles. The maximum absolute atomic E-state index is 12.0. The van der Waals surface area contributed by atoms with Crippen molar-refractivity contribution >= 4 is 11.6 Å². The lowest BCUT2D eigenvalue weighted by Crippen LogP contribution is -2.30. The van der Waals surface area contributed by atoms with Gasteiger partial charge in [-0.05, 0) is 38.5 Å². The summed E-state index contributed by atoms with van der Waals surface area (Å²) in [5.74, 6) is -3.55. The number of ketones is 2. The second-order valence-electron chi connectivity index (χ2n) is 6.23. The molecule has 2 nitrogen and oxygen atoms in total. The van der Waals surface area contributed by atoms with E-state index in [1.165, 1.54) is 19.3 Å². The highest BCUT2D eigenvalue weighted by atomic mass is 19.4. The van der Waals surface area contributed by atoms with E-state index in [1.54, 1.807) is 0 Å². The summed E-state index contributed by atoms with van der Waals surface area (Å²) in [5, 5.41) is 0. The Morgan fingerprint density at radius 2 is 1.28 bits per heavy atom. The van der Waals surface area contributed by atoms with E-state index in [-0.39, 0.29) is 6.42 Å². The molecule has 0 unspecified atom stereocenters. The minimum Gasteiger partial charge on any atom is -0.291 e. The van der Waals surface area contributed by atoms with Crippen molar-refractivity contribution in [3.05, 3.63) is 24.3 Å². The van der Waals surface area contributed by atoms with Gasteiger partial charge in [0.2, 0.25) is 5.78 Å². The second-order valence-corrected chi connectivity index (χ2v) is 6.23. The van der Waals surface area contributed by atoms with Gasteiger partial charge < -0.3 is 0 Å². The summed E-state index contributed by atoms with van der Waals surface area (Å²) in [5.41, 5.74) is 0. The number of unbranched alkanes of at least 4 members (excludes halogenated alkanes) is 8. The zero-order chi connectivity index (χ0) is 19.0. The highest BCUT2D eigenvalue weighted by Crippen LogP contribution is 2.18. The van der Waals surface area contributed by atoms with E-state index in [4.69, 9.17) is 0 Å². The van der Waals surface area contributed by atoms with Crippen molar-refractivity contribution in [3.63, 3.8) is 0 Å². The van der Waals surface area contributed by atoms with Crippen LogP contribution in [-0.2, 0) is 9.59 Å². The Kier molecular flexibility index (Phi) is 14.1. The van der Waals surface area contributed by atoms with E-state index < -0.39 is 17.7 Å². The van der Waals surface area contributed by atoms with Crippen LogP contribution in [-0.4, -0.2) is 17.7 Å². The highest BCUT2D eigenvalue weighted by molar-refractivity contribution is 6.39. The summed E-state index contributed by atoms with van der Waals surface area (Å²) in [7, 11) is 0. The van der Waals surface area contributed by atoms with Crippen molar-refractivity contribution in [2.75, 3.05) is 0 Å². The lowest BCUT2D eigenvalue weighted by Gasteiger charge is -2.04. The fourth-order valence-corrected chi connectivity index (χ4v) is 2.37. The largest absolute Gasteiger partial charge is 0.458 e. The molecule has 0 aromatic carbocycles. The van der Waals surface area contributed by atoms with Gasteiger partial charge in [0.05, 0.1) is 0 Å². The van der Waals surface area contributed by atoms with Crippen LogP contribution < -0.4 is 0 Å². The third-order valence-electron chi connectivity index (χ3n) is 3.87. The van der Waals surface area contributed by atoms with E-state index >= 15 is 0 Å². The Morgan fingerprint density at radius 1 is 0.760 bits per heavy atom. The molecule has 0 aliphatic carbocycles. The van der Waals surface area contributed by atoms with Gasteiger partial charge in [-0.15, -0.1) is 0 Å². The van der Waals surface area contributed by atoms with Crippen molar-refractivity contribution in [2.24, 2.45) is 0 Å². The Bertz CT molecular complexity index is 423. The molecular formula is C20H31F3O2. The lowest BCUT2D eigenvalue weighted by atomic mass is 10.1. The number of hydrogen-bond donors (Lipinski definition) is 0. The predicted molar refractivity (Wildman–Crippen MR) is 95.4 cm³/mol. The Labute approximate surface area is 149 Å². The monoisotopic (exact) mass is 360 g/mol. The summed E-state index contributed by atoms with van der Waals surface area (Å²) in [6.45, 7) is 2.20. The molecule has 0 saturated heterocycles. The summed E-state index contributed by atoms with van der Waals surface area (Å²) in [6, 6.07) is 0. The zero-order valence-electron chi connectivity index (χ0n) is 15.2. The minimum atomic E-state index is -5.03. The number of carbonyl (C=O) groups excluding carboxylic acids is 2. The van der Waals surface area contributed by atoms with Gasteiger partial charge >= 0.3 is 12.0 Å². The molecule has 0 fully saturated rings. The summed E-state index contributed by atoms with van der Waals surface area (Å²) >= 11 is 0. The molecule has 0 heterocycles. The van der Waals surface area contributed by atoms with Crippen molar-refractivity contribution in [1.29, 1.82) is 0 Å². The van der Waals surface area contributed by atoms with Crippen molar-refractivity contribution in [1.82, 2.24) is 0 Å². The number of carbonyl (C=O) groups is 2. The average molecular weight is 360 g/mol. The second kappa shape index (κ2) is 14.9. The SMILES string of the molecule is CCCCC/C=C\C/C=C\CCCCCCCC(=O)C(=O)C(F)(F)F. The zero-order valence-corrected chi connectivity index (χ0v) is 15.2. The third-order valence-corrected chi connectivity index (χ3v) is 3.87. The van der Waals surface area contributed by atoms with E-state index in [1.807, 2.05) is 0 Å². The van der Waals surface area contributed by atoms with Gasteiger partial charge in [0.25, 0.3) is 0 Å². The van der Waals surface area contributed by atoms with Gasteiger partial charge in [0.1, 0.15) is 0 Å². The van der Waals surface area contributed by atoms with Crippen LogP contribution in [0.1, 0.15) is 84.0 Å². The smallest absolute Gasteiger partial charge is 0.291 e. The van der Waals surface area contributed by atoms with Crippen LogP contribution in [0, 0.1) is 0 Å². The van der Waals surface area contributed by atoms with E-state index in [9.17, 15) is 22.8 Å². The molecule has 0 aromatic heterocycles. The first kappa shape index (κ1) is 23.6. The molecule has 0 spiro atoms. The van der Waals surface area contributed by atoms with Crippen molar-refractivity contribution in [3.8, 4) is 0 Å². The molecular weight excluding hydrogens is 329 g/mol. The first-order chi connectivity index (χ1) is 11.9. The molecule has 144 valence electrons. The van der Waals surface area contributed by atoms with Gasteiger partial charge in [-0.3, -0.25) is 9.59 Å². The molecule has 0 aliphatic rings. The van der Waals surface area contributed by atoms with Crippen molar-refractivity contribution < 1.29 is 22.8 Å². The number of rotatable bonds is 15. The van der Waals surface area contributed by atoms with Crippen LogP contribution in [0.2, 0.25) is 0 Å². The predicted octanol–water partition coefficient (Wildman–Crippen LogP) is 6.50. The summed E-state index contributed by atoms with van der Waals surface area (Å²) in [4.78, 5) is 21.7. The summed E-state index contributed by atoms with van der Waals surface area (Å²) < 4.78 is 36.0. The number of allylic oxidation sites excluding steroid dienone is 4. The van der Waals surface area contributed by atoms with Gasteiger partial charge in [-0.2, -0.15) is 13.2 Å². The van der Waals surface area contributed by atoms with Gasteiger partial charge in [0.15, 0.2) is 0 Å². The Hall–Kier alpha value is -1.39. The molecule has 0 aliphatic heterocycles. The first-order valence-corrected chi connectivity index (χ1v) is 9.34. The Morgan fingerprint density at radius 3 is 1.84 bits per heavy atom. The quantitative estimate of drug-likeness (QED) is 0.190. The highest BCUT2D eigenvalue weighted by Gasteiger charge is 2.42. The average Bonchev–Trinajstić information content (AvgIpc) is 2.56. The number of halogens is 3. The maximum Gasteiger partial charge on any atom is 0.458 e. The lowest BCUT2D eigenvalue weighted by molar-refractivity contribution is -0.174. The van der Waals surface area contributed by atoms with Crippen LogP contribution in [0.4, 0.5) is 13.2 Å². The molecule has 0 bridgehead atoms. The standard InChI is InChI=1S/C20H31F3O2/c1-2-3-4-5-6-7-8-9-10-11-12-13-14-15-16-17-18(24)19(25)20(21,22)23/h6-7,9-10H,2-5,8,11-17H2,1H3/b7-6-,10-9-. The molecule has 0 aromatic rings. The summed E-state index contributed by atoms with van der Waals surface area (Å²) in [6.07, 6.45) is 14.2. The normalized spacial score (nSPS) is 12.3. The third kappa shape index (κ3) is 14.6.